The molecule has 2 aromatic carbocycles. The largest absolute Gasteiger partial charge is 0.494 e. The van der Waals surface area contributed by atoms with Crippen LogP contribution in [0.25, 0.3) is 0 Å². The predicted molar refractivity (Wildman–Crippen MR) is 167 cm³/mol. The van der Waals surface area contributed by atoms with Crippen LogP contribution >= 0.6 is 11.6 Å². The lowest BCUT2D eigenvalue weighted by molar-refractivity contribution is -0.111. The first-order valence-electron chi connectivity index (χ1n) is 12.5. The summed E-state index contributed by atoms with van der Waals surface area (Å²) >= 11 is 6.34. The first kappa shape index (κ1) is 32.4. The molecule has 1 heterocycles. The number of methoxy groups -OCH3 is 1. The minimum atomic E-state index is -3.65. The number of carbonyl (C=O) groups excluding carboxylic acids is 1. The fourth-order valence-electron chi connectivity index (χ4n) is 3.73. The van der Waals surface area contributed by atoms with Gasteiger partial charge in [0.25, 0.3) is 0 Å². The Labute approximate surface area is 250 Å². The van der Waals surface area contributed by atoms with E-state index in [-0.39, 0.29) is 28.2 Å². The molecule has 0 spiro atoms. The van der Waals surface area contributed by atoms with Crippen molar-refractivity contribution in [3.8, 4) is 5.75 Å². The highest BCUT2D eigenvalue weighted by molar-refractivity contribution is 7.92. The molecule has 0 aliphatic heterocycles. The molecule has 0 atom stereocenters. The molecule has 0 aliphatic rings. The van der Waals surface area contributed by atoms with Crippen LogP contribution in [-0.4, -0.2) is 83.8 Å². The van der Waals surface area contributed by atoms with Crippen molar-refractivity contribution < 1.29 is 22.3 Å². The van der Waals surface area contributed by atoms with E-state index in [9.17, 15) is 17.6 Å². The molecule has 0 saturated carbocycles. The van der Waals surface area contributed by atoms with E-state index in [4.69, 9.17) is 16.3 Å². The molecular weight excluding hydrogens is 587 g/mol. The van der Waals surface area contributed by atoms with Gasteiger partial charge in [0.2, 0.25) is 21.9 Å². The summed E-state index contributed by atoms with van der Waals surface area (Å²) in [5.41, 5.74) is 1.93. The second-order valence-corrected chi connectivity index (χ2v) is 11.9. The lowest BCUT2D eigenvalue weighted by atomic mass is 10.2. The number of likely N-dealkylation sites (N-methyl/N-ethyl adjacent to an activating group) is 2. The molecule has 3 N–H and O–H groups in total. The smallest absolute Gasteiger partial charge is 0.247 e. The van der Waals surface area contributed by atoms with Gasteiger partial charge in [0.1, 0.15) is 16.6 Å². The molecule has 0 fully saturated rings. The summed E-state index contributed by atoms with van der Waals surface area (Å²) in [6, 6.07) is 7.05. The van der Waals surface area contributed by atoms with Crippen molar-refractivity contribution in [1.29, 1.82) is 0 Å². The quantitative estimate of drug-likeness (QED) is 0.238. The second kappa shape index (κ2) is 13.7. The summed E-state index contributed by atoms with van der Waals surface area (Å²) in [6.07, 6.45) is 3.53. The molecule has 42 heavy (non-hydrogen) atoms. The van der Waals surface area contributed by atoms with Crippen molar-refractivity contribution in [3.05, 3.63) is 60.0 Å². The van der Waals surface area contributed by atoms with E-state index in [0.29, 0.717) is 29.4 Å². The number of benzene rings is 2. The van der Waals surface area contributed by atoms with Crippen molar-refractivity contribution >= 4 is 67.7 Å². The molecule has 3 aromatic rings. The highest BCUT2D eigenvalue weighted by Crippen LogP contribution is 2.38. The summed E-state index contributed by atoms with van der Waals surface area (Å²) < 4.78 is 45.1. The third kappa shape index (κ3) is 8.21. The standard InChI is InChI=1S/C27H34ClFN8O4S/c1-8-25(38)31-20-14-21(24(41-6)15-23(20)36(4)12-11-35(2)3)33-27-30-16-18(28)26(34-27)32-19-13-17(29)9-10-22(19)37(5)42(7,39)40/h8-10,13-16H,1,11-12H2,2-7H3,(H,31,38)(H2,30,32,33,34). The number of nitrogens with one attached hydrogen (secondary N) is 3. The number of anilines is 7. The average Bonchev–Trinajstić information content (AvgIpc) is 2.92. The van der Waals surface area contributed by atoms with Crippen molar-refractivity contribution in [2.75, 3.05) is 79.8 Å². The fraction of sp³-hybridized carbons (Fsp3) is 0.296. The van der Waals surface area contributed by atoms with Crippen molar-refractivity contribution in [2.45, 2.75) is 0 Å². The van der Waals surface area contributed by atoms with Gasteiger partial charge in [-0.2, -0.15) is 4.98 Å². The number of hydrogen-bond acceptors (Lipinski definition) is 10. The number of ether oxygens (including phenoxy) is 1. The van der Waals surface area contributed by atoms with Crippen LogP contribution < -0.4 is 29.9 Å². The number of amides is 1. The van der Waals surface area contributed by atoms with Crippen molar-refractivity contribution in [3.63, 3.8) is 0 Å². The molecular formula is C27H34ClFN8O4S. The second-order valence-electron chi connectivity index (χ2n) is 9.52. The lowest BCUT2D eigenvalue weighted by Gasteiger charge is -2.26. The van der Waals surface area contributed by atoms with Crippen LogP contribution in [0.3, 0.4) is 0 Å². The van der Waals surface area contributed by atoms with Crippen LogP contribution in [-0.2, 0) is 14.8 Å². The van der Waals surface area contributed by atoms with Gasteiger partial charge >= 0.3 is 0 Å². The fourth-order valence-corrected chi connectivity index (χ4v) is 4.39. The molecule has 0 unspecified atom stereocenters. The Morgan fingerprint density at radius 2 is 1.79 bits per heavy atom. The molecule has 0 radical (unpaired) electrons. The monoisotopic (exact) mass is 620 g/mol. The highest BCUT2D eigenvalue weighted by Gasteiger charge is 2.20. The van der Waals surface area contributed by atoms with Gasteiger partial charge in [-0.25, -0.2) is 17.8 Å². The van der Waals surface area contributed by atoms with Crippen LogP contribution in [0.5, 0.6) is 5.75 Å². The minimum Gasteiger partial charge on any atom is -0.494 e. The van der Waals surface area contributed by atoms with Crippen molar-refractivity contribution in [1.82, 2.24) is 14.9 Å². The van der Waals surface area contributed by atoms with Crippen LogP contribution in [0.4, 0.5) is 44.6 Å². The molecule has 0 saturated heterocycles. The van der Waals surface area contributed by atoms with Gasteiger partial charge in [-0.05, 0) is 44.4 Å². The molecule has 226 valence electrons. The lowest BCUT2D eigenvalue weighted by Crippen LogP contribution is -2.29. The normalized spacial score (nSPS) is 11.2. The summed E-state index contributed by atoms with van der Waals surface area (Å²) in [5.74, 6) is -0.381. The van der Waals surface area contributed by atoms with Gasteiger partial charge in [-0.1, -0.05) is 18.2 Å². The molecule has 1 aromatic heterocycles. The number of hydrogen-bond donors (Lipinski definition) is 3. The summed E-state index contributed by atoms with van der Waals surface area (Å²) in [6.45, 7) is 4.98. The topological polar surface area (TPSA) is 132 Å². The minimum absolute atomic E-state index is 0.0853. The number of nitrogens with zero attached hydrogens (tertiary/aromatic N) is 5. The maximum Gasteiger partial charge on any atom is 0.247 e. The van der Waals surface area contributed by atoms with E-state index in [1.165, 1.54) is 32.5 Å². The van der Waals surface area contributed by atoms with Gasteiger partial charge in [-0.15, -0.1) is 0 Å². The zero-order valence-corrected chi connectivity index (χ0v) is 25.8. The molecule has 3 rings (SSSR count). The average molecular weight is 621 g/mol. The van der Waals surface area contributed by atoms with Gasteiger partial charge in [0.05, 0.1) is 48.0 Å². The predicted octanol–water partition coefficient (Wildman–Crippen LogP) is 4.28. The highest BCUT2D eigenvalue weighted by atomic mass is 35.5. The number of carbonyl (C=O) groups is 1. The van der Waals surface area contributed by atoms with E-state index >= 15 is 0 Å². The molecule has 0 bridgehead atoms. The van der Waals surface area contributed by atoms with E-state index in [1.807, 2.05) is 30.9 Å². The van der Waals surface area contributed by atoms with Crippen LogP contribution in [0, 0.1) is 5.82 Å². The first-order valence-corrected chi connectivity index (χ1v) is 14.8. The third-order valence-electron chi connectivity index (χ3n) is 6.09. The Bertz CT molecular complexity index is 1570. The van der Waals surface area contributed by atoms with Gasteiger partial charge < -0.3 is 30.5 Å². The Morgan fingerprint density at radius 1 is 1.07 bits per heavy atom. The molecule has 15 heteroatoms. The number of aromatic nitrogens is 2. The summed E-state index contributed by atoms with van der Waals surface area (Å²) in [7, 11) is 5.04. The molecule has 12 nitrogen and oxygen atoms in total. The van der Waals surface area contributed by atoms with Crippen LogP contribution in [0.2, 0.25) is 5.02 Å². The zero-order chi connectivity index (χ0) is 31.2. The maximum atomic E-state index is 14.1. The van der Waals surface area contributed by atoms with Gasteiger partial charge in [-0.3, -0.25) is 9.10 Å². The first-order chi connectivity index (χ1) is 19.7. The van der Waals surface area contributed by atoms with E-state index in [2.05, 4.69) is 32.5 Å². The maximum absolute atomic E-state index is 14.1. The SMILES string of the molecule is C=CC(=O)Nc1cc(Nc2ncc(Cl)c(Nc3cc(F)ccc3N(C)S(C)(=O)=O)n2)c(OC)cc1N(C)CCN(C)C. The Morgan fingerprint density at radius 3 is 2.40 bits per heavy atom. The van der Waals surface area contributed by atoms with Gasteiger partial charge in [0.15, 0.2) is 5.82 Å². The molecule has 0 aliphatic carbocycles. The molecule has 1 amide bonds. The van der Waals surface area contributed by atoms with E-state index in [1.54, 1.807) is 12.1 Å². The zero-order valence-electron chi connectivity index (χ0n) is 24.2. The summed E-state index contributed by atoms with van der Waals surface area (Å²) in [5, 5.41) is 8.89. The van der Waals surface area contributed by atoms with E-state index in [0.717, 1.165) is 29.2 Å². The van der Waals surface area contributed by atoms with Crippen LogP contribution in [0.1, 0.15) is 0 Å². The van der Waals surface area contributed by atoms with Crippen molar-refractivity contribution in [2.24, 2.45) is 0 Å². The van der Waals surface area contributed by atoms with Gasteiger partial charge in [0, 0.05) is 33.3 Å². The Kier molecular flexibility index (Phi) is 10.5. The summed E-state index contributed by atoms with van der Waals surface area (Å²) in [4.78, 5) is 24.9. The number of sulfonamides is 1. The number of rotatable bonds is 13. The van der Waals surface area contributed by atoms with Crippen LogP contribution in [0.15, 0.2) is 49.2 Å². The Balaban J connectivity index is 2.01. The third-order valence-corrected chi connectivity index (χ3v) is 7.56. The van der Waals surface area contributed by atoms with E-state index < -0.39 is 21.7 Å². The number of halogens is 2. The Hall–Kier alpha value is -4.14.